The van der Waals surface area contributed by atoms with Crippen LogP contribution in [0.2, 0.25) is 0 Å². The minimum Gasteiger partial charge on any atom is -0.462 e. The van der Waals surface area contributed by atoms with Crippen molar-refractivity contribution in [3.8, 4) is 0 Å². The molecule has 0 aliphatic carbocycles. The summed E-state index contributed by atoms with van der Waals surface area (Å²) in [4.78, 5) is 49.7. The number of hydrogen-bond donors (Lipinski definition) is 2. The summed E-state index contributed by atoms with van der Waals surface area (Å²) in [5, 5.41) is 5.15. The second kappa shape index (κ2) is 8.34. The molecule has 0 bridgehead atoms. The third kappa shape index (κ3) is 3.85. The first kappa shape index (κ1) is 19.1. The summed E-state index contributed by atoms with van der Waals surface area (Å²) in [6, 6.07) is 12.5. The summed E-state index contributed by atoms with van der Waals surface area (Å²) in [5.41, 5.74) is 1.26. The van der Waals surface area contributed by atoms with Crippen LogP contribution in [0, 0.1) is 0 Å². The molecule has 4 amide bonds. The molecule has 0 atom stereocenters. The number of imide groups is 1. The summed E-state index contributed by atoms with van der Waals surface area (Å²) >= 11 is 0. The molecule has 0 radical (unpaired) electrons. The molecular weight excluding hydrogens is 362 g/mol. The molecule has 144 valence electrons. The third-order valence-electron chi connectivity index (χ3n) is 4.17. The fourth-order valence-corrected chi connectivity index (χ4v) is 2.87. The Hall–Kier alpha value is -3.68. The molecule has 2 aromatic rings. The fourth-order valence-electron chi connectivity index (χ4n) is 2.87. The SMILES string of the molecule is CCOC(=O)c1ccccc1NC(=O)NCCN1C(=O)c2ccccc2C1=O. The van der Waals surface area contributed by atoms with E-state index in [9.17, 15) is 19.2 Å². The number of benzene rings is 2. The monoisotopic (exact) mass is 381 g/mol. The van der Waals surface area contributed by atoms with E-state index in [2.05, 4.69) is 10.6 Å². The fraction of sp³-hybridized carbons (Fsp3) is 0.200. The van der Waals surface area contributed by atoms with Crippen LogP contribution < -0.4 is 10.6 Å². The van der Waals surface area contributed by atoms with Crippen LogP contribution in [0.1, 0.15) is 38.0 Å². The lowest BCUT2D eigenvalue weighted by Crippen LogP contribution is -2.39. The van der Waals surface area contributed by atoms with Gasteiger partial charge in [0.15, 0.2) is 0 Å². The lowest BCUT2D eigenvalue weighted by molar-refractivity contribution is 0.0526. The highest BCUT2D eigenvalue weighted by atomic mass is 16.5. The first-order valence-electron chi connectivity index (χ1n) is 8.79. The second-order valence-electron chi connectivity index (χ2n) is 5.95. The molecule has 28 heavy (non-hydrogen) atoms. The highest BCUT2D eigenvalue weighted by Crippen LogP contribution is 2.21. The number of urea groups is 1. The van der Waals surface area contributed by atoms with Crippen molar-refractivity contribution in [1.82, 2.24) is 10.2 Å². The van der Waals surface area contributed by atoms with Crippen molar-refractivity contribution in [3.05, 3.63) is 65.2 Å². The molecule has 8 nitrogen and oxygen atoms in total. The van der Waals surface area contributed by atoms with E-state index in [0.717, 1.165) is 4.90 Å². The number of anilines is 1. The van der Waals surface area contributed by atoms with E-state index in [-0.39, 0.29) is 37.1 Å². The Bertz CT molecular complexity index is 906. The number of ether oxygens (including phenoxy) is 1. The molecule has 1 aliphatic rings. The van der Waals surface area contributed by atoms with E-state index >= 15 is 0 Å². The predicted molar refractivity (Wildman–Crippen MR) is 101 cm³/mol. The molecule has 0 aromatic heterocycles. The molecule has 0 unspecified atom stereocenters. The Morgan fingerprint density at radius 2 is 1.57 bits per heavy atom. The van der Waals surface area contributed by atoms with Gasteiger partial charge in [-0.25, -0.2) is 9.59 Å². The number of esters is 1. The van der Waals surface area contributed by atoms with Crippen LogP contribution in [0.3, 0.4) is 0 Å². The van der Waals surface area contributed by atoms with Crippen LogP contribution in [-0.2, 0) is 4.74 Å². The zero-order valence-corrected chi connectivity index (χ0v) is 15.2. The number of carbonyl (C=O) groups excluding carboxylic acids is 4. The van der Waals surface area contributed by atoms with Gasteiger partial charge in [0.05, 0.1) is 29.0 Å². The predicted octanol–water partition coefficient (Wildman–Crippen LogP) is 2.28. The van der Waals surface area contributed by atoms with Gasteiger partial charge in [0, 0.05) is 13.1 Å². The Morgan fingerprint density at radius 1 is 0.964 bits per heavy atom. The largest absolute Gasteiger partial charge is 0.462 e. The highest BCUT2D eigenvalue weighted by molar-refractivity contribution is 6.21. The highest BCUT2D eigenvalue weighted by Gasteiger charge is 2.34. The summed E-state index contributed by atoms with van der Waals surface area (Å²) in [5.74, 6) is -1.30. The summed E-state index contributed by atoms with van der Waals surface area (Å²) in [7, 11) is 0. The van der Waals surface area contributed by atoms with Crippen LogP contribution in [0.4, 0.5) is 10.5 Å². The number of nitrogens with zero attached hydrogens (tertiary/aromatic N) is 1. The molecule has 0 spiro atoms. The van der Waals surface area contributed by atoms with Crippen LogP contribution in [-0.4, -0.2) is 48.4 Å². The van der Waals surface area contributed by atoms with Crippen molar-refractivity contribution >= 4 is 29.5 Å². The molecule has 1 heterocycles. The summed E-state index contributed by atoms with van der Waals surface area (Å²) < 4.78 is 4.96. The van der Waals surface area contributed by atoms with Crippen LogP contribution in [0.25, 0.3) is 0 Å². The van der Waals surface area contributed by atoms with Gasteiger partial charge in [0.25, 0.3) is 11.8 Å². The number of hydrogen-bond acceptors (Lipinski definition) is 5. The van der Waals surface area contributed by atoms with E-state index < -0.39 is 12.0 Å². The molecule has 2 N–H and O–H groups in total. The maximum atomic E-state index is 12.3. The molecular formula is C20H19N3O5. The summed E-state index contributed by atoms with van der Waals surface area (Å²) in [6.45, 7) is 2.03. The van der Waals surface area contributed by atoms with E-state index in [4.69, 9.17) is 4.74 Å². The zero-order valence-electron chi connectivity index (χ0n) is 15.2. The zero-order chi connectivity index (χ0) is 20.1. The van der Waals surface area contributed by atoms with E-state index in [1.54, 1.807) is 55.5 Å². The lowest BCUT2D eigenvalue weighted by atomic mass is 10.1. The number of nitrogens with one attached hydrogen (secondary N) is 2. The Balaban J connectivity index is 1.56. The molecule has 1 aliphatic heterocycles. The average Bonchev–Trinajstić information content (AvgIpc) is 2.94. The minimum absolute atomic E-state index is 0.0410. The van der Waals surface area contributed by atoms with Gasteiger partial charge in [0.2, 0.25) is 0 Å². The van der Waals surface area contributed by atoms with Gasteiger partial charge in [-0.05, 0) is 31.2 Å². The van der Waals surface area contributed by atoms with E-state index in [1.165, 1.54) is 0 Å². The van der Waals surface area contributed by atoms with E-state index in [1.807, 2.05) is 0 Å². The van der Waals surface area contributed by atoms with Crippen molar-refractivity contribution < 1.29 is 23.9 Å². The number of fused-ring (bicyclic) bond motifs is 1. The van der Waals surface area contributed by atoms with Gasteiger partial charge in [-0.3, -0.25) is 14.5 Å². The smallest absolute Gasteiger partial charge is 0.340 e. The molecule has 3 rings (SSSR count). The molecule has 8 heteroatoms. The van der Waals surface area contributed by atoms with Gasteiger partial charge in [-0.2, -0.15) is 0 Å². The molecule has 2 aromatic carbocycles. The summed E-state index contributed by atoms with van der Waals surface area (Å²) in [6.07, 6.45) is 0. The topological polar surface area (TPSA) is 105 Å². The van der Waals surface area contributed by atoms with Crippen molar-refractivity contribution in [2.45, 2.75) is 6.92 Å². The average molecular weight is 381 g/mol. The van der Waals surface area contributed by atoms with Crippen molar-refractivity contribution in [2.24, 2.45) is 0 Å². The second-order valence-corrected chi connectivity index (χ2v) is 5.95. The lowest BCUT2D eigenvalue weighted by Gasteiger charge is -2.15. The normalized spacial score (nSPS) is 12.5. The Morgan fingerprint density at radius 3 is 2.21 bits per heavy atom. The molecule has 0 saturated heterocycles. The molecule has 0 saturated carbocycles. The van der Waals surface area contributed by atoms with Crippen molar-refractivity contribution in [1.29, 1.82) is 0 Å². The van der Waals surface area contributed by atoms with Gasteiger partial charge < -0.3 is 15.4 Å². The number of carbonyl (C=O) groups is 4. The van der Waals surface area contributed by atoms with Gasteiger partial charge in [0.1, 0.15) is 0 Å². The van der Waals surface area contributed by atoms with Crippen molar-refractivity contribution in [2.75, 3.05) is 25.0 Å². The number of amides is 4. The van der Waals surface area contributed by atoms with Crippen LogP contribution >= 0.6 is 0 Å². The van der Waals surface area contributed by atoms with Crippen molar-refractivity contribution in [3.63, 3.8) is 0 Å². The molecule has 0 fully saturated rings. The standard InChI is InChI=1S/C20H19N3O5/c1-2-28-19(26)15-9-5-6-10-16(15)22-20(27)21-11-12-23-17(24)13-7-3-4-8-14(13)18(23)25/h3-10H,2,11-12H2,1H3,(H2,21,22,27). The minimum atomic E-state index is -0.562. The maximum absolute atomic E-state index is 12.3. The van der Waals surface area contributed by atoms with Crippen LogP contribution in [0.15, 0.2) is 48.5 Å². The Labute approximate surface area is 161 Å². The quantitative estimate of drug-likeness (QED) is 0.590. The van der Waals surface area contributed by atoms with Crippen LogP contribution in [0.5, 0.6) is 0 Å². The Kier molecular flexibility index (Phi) is 5.69. The third-order valence-corrected chi connectivity index (χ3v) is 4.17. The van der Waals surface area contributed by atoms with Gasteiger partial charge in [-0.1, -0.05) is 24.3 Å². The first-order chi connectivity index (χ1) is 13.5. The number of rotatable bonds is 6. The van der Waals surface area contributed by atoms with Gasteiger partial charge >= 0.3 is 12.0 Å². The maximum Gasteiger partial charge on any atom is 0.340 e. The number of para-hydroxylation sites is 1. The first-order valence-corrected chi connectivity index (χ1v) is 8.79. The van der Waals surface area contributed by atoms with Gasteiger partial charge in [-0.15, -0.1) is 0 Å². The van der Waals surface area contributed by atoms with E-state index in [0.29, 0.717) is 16.8 Å².